The zero-order valence-corrected chi connectivity index (χ0v) is 10.7. The van der Waals surface area contributed by atoms with E-state index in [0.717, 1.165) is 0 Å². The monoisotopic (exact) mass is 212 g/mol. The van der Waals surface area contributed by atoms with Gasteiger partial charge >= 0.3 is 0 Å². The van der Waals surface area contributed by atoms with E-state index in [0.29, 0.717) is 5.54 Å². The summed E-state index contributed by atoms with van der Waals surface area (Å²) in [6.45, 7) is 6.53. The minimum atomic E-state index is 0.334. The molecule has 1 aliphatic rings. The van der Waals surface area contributed by atoms with Crippen molar-refractivity contribution in [2.24, 2.45) is 0 Å². The number of aryl methyl sites for hydroxylation is 1. The number of fused-ring (bicyclic) bond motifs is 1. The minimum Gasteiger partial charge on any atom is -0.0811 e. The zero-order valence-electron chi connectivity index (χ0n) is 8.73. The van der Waals surface area contributed by atoms with Gasteiger partial charge in [0.25, 0.3) is 0 Å². The zero-order chi connectivity index (χ0) is 10.5. The van der Waals surface area contributed by atoms with Crippen LogP contribution in [0.1, 0.15) is 34.7 Å². The summed E-state index contributed by atoms with van der Waals surface area (Å²) in [5.74, 6) is 0. The van der Waals surface area contributed by atoms with Crippen LogP contribution in [0.15, 0.2) is 17.3 Å². The van der Waals surface area contributed by atoms with Crippen LogP contribution in [0.4, 0.5) is 0 Å². The molecule has 0 nitrogen and oxygen atoms in total. The molecule has 1 aromatic carbocycles. The largest absolute Gasteiger partial charge is 0.0811 e. The van der Waals surface area contributed by atoms with Crippen LogP contribution in [0.3, 0.4) is 0 Å². The van der Waals surface area contributed by atoms with Crippen molar-refractivity contribution in [2.45, 2.75) is 26.3 Å². The Kier molecular flexibility index (Phi) is 2.28. The lowest BCUT2D eigenvalue weighted by Crippen LogP contribution is -1.98. The van der Waals surface area contributed by atoms with E-state index in [9.17, 15) is 0 Å². The van der Waals surface area contributed by atoms with Crippen molar-refractivity contribution in [3.8, 4) is 0 Å². The molecule has 0 bridgehead atoms. The average molecular weight is 212 g/mol. The Hall–Kier alpha value is -0.606. The van der Waals surface area contributed by atoms with Crippen LogP contribution < -0.4 is 0 Å². The van der Waals surface area contributed by atoms with Gasteiger partial charge in [-0.05, 0) is 54.1 Å². The molecular weight excluding hydrogens is 200 g/mol. The summed E-state index contributed by atoms with van der Waals surface area (Å²) in [7, 11) is 7.44. The average Bonchev–Trinajstić information content (AvgIpc) is 2.38. The lowest BCUT2D eigenvalue weighted by atomic mass is 9.97. The molecule has 68 valence electrons. The van der Waals surface area contributed by atoms with Crippen molar-refractivity contribution < 1.29 is 0 Å². The number of hydrogen-bond acceptors (Lipinski definition) is 0. The lowest BCUT2D eigenvalue weighted by molar-refractivity contribution is 1.19. The summed E-state index contributed by atoms with van der Waals surface area (Å²) in [4.78, 5) is 0. The Balaban J connectivity index is 2.75. The van der Waals surface area contributed by atoms with Gasteiger partial charge in [0, 0.05) is 10.2 Å². The van der Waals surface area contributed by atoms with E-state index in [1.807, 2.05) is 0 Å². The maximum absolute atomic E-state index is 3.75. The molecule has 0 saturated carbocycles. The Morgan fingerprint density at radius 2 is 1.79 bits per heavy atom. The number of hydrogen-bond donors (Lipinski definition) is 0. The van der Waals surface area contributed by atoms with Crippen molar-refractivity contribution >= 4 is 26.1 Å². The molecule has 0 saturated heterocycles. The van der Waals surface area contributed by atoms with Crippen LogP contribution in [0, 0.1) is 13.8 Å². The van der Waals surface area contributed by atoms with Crippen LogP contribution in [0.25, 0.3) is 5.57 Å². The molecule has 2 heteroatoms. The predicted molar refractivity (Wildman–Crippen MR) is 62.8 cm³/mol. The molecular formula is C12H12Si2. The molecule has 0 aliphatic heterocycles. The van der Waals surface area contributed by atoms with Gasteiger partial charge in [0.05, 0.1) is 10.2 Å². The highest BCUT2D eigenvalue weighted by molar-refractivity contribution is 6.34. The number of benzene rings is 1. The molecule has 1 atom stereocenters. The van der Waals surface area contributed by atoms with Gasteiger partial charge in [0.15, 0.2) is 0 Å². The second kappa shape index (κ2) is 3.21. The van der Waals surface area contributed by atoms with Gasteiger partial charge in [-0.1, -0.05) is 17.3 Å². The van der Waals surface area contributed by atoms with Gasteiger partial charge in [-0.15, -0.1) is 0 Å². The van der Waals surface area contributed by atoms with E-state index in [1.165, 1.54) is 33.0 Å². The van der Waals surface area contributed by atoms with Gasteiger partial charge in [-0.25, -0.2) is 0 Å². The Labute approximate surface area is 92.3 Å². The van der Waals surface area contributed by atoms with E-state index >= 15 is 0 Å². The van der Waals surface area contributed by atoms with E-state index in [1.54, 1.807) is 0 Å². The maximum Gasteiger partial charge on any atom is 0.0658 e. The first-order valence-electron chi connectivity index (χ1n) is 4.78. The van der Waals surface area contributed by atoms with E-state index < -0.39 is 0 Å². The van der Waals surface area contributed by atoms with Gasteiger partial charge in [-0.2, -0.15) is 0 Å². The molecule has 1 aliphatic carbocycles. The maximum atomic E-state index is 3.75. The fraction of sp³-hybridized carbons (Fsp3) is 0.333. The van der Waals surface area contributed by atoms with Gasteiger partial charge in [0.1, 0.15) is 0 Å². The standard InChI is InChI=1S/C12H12Si2/c1-6-4-5-9-10(7(6)2)8(3)11(13)12(9)14/h4-5,12H,1-3H3. The van der Waals surface area contributed by atoms with Crippen molar-refractivity contribution in [1.29, 1.82) is 0 Å². The van der Waals surface area contributed by atoms with Crippen LogP contribution in [-0.4, -0.2) is 20.5 Å². The molecule has 1 unspecified atom stereocenters. The Morgan fingerprint density at radius 3 is 2.43 bits per heavy atom. The van der Waals surface area contributed by atoms with Crippen LogP contribution in [0.5, 0.6) is 0 Å². The fourth-order valence-electron chi connectivity index (χ4n) is 2.08. The topological polar surface area (TPSA) is 0 Å². The summed E-state index contributed by atoms with van der Waals surface area (Å²) >= 11 is 0. The van der Waals surface area contributed by atoms with Crippen molar-refractivity contribution in [1.82, 2.24) is 0 Å². The van der Waals surface area contributed by atoms with Crippen LogP contribution in [0.2, 0.25) is 0 Å². The molecule has 0 spiro atoms. The highest BCUT2D eigenvalue weighted by Gasteiger charge is 2.24. The quantitative estimate of drug-likeness (QED) is 0.579. The molecule has 1 aromatic rings. The summed E-state index contributed by atoms with van der Waals surface area (Å²) in [5, 5.41) is 1.25. The summed E-state index contributed by atoms with van der Waals surface area (Å²) < 4.78 is 0. The SMILES string of the molecule is CC1=C([Si])C([Si])c2ccc(C)c(C)c21. The fourth-order valence-corrected chi connectivity index (χ4v) is 2.82. The molecule has 0 aromatic heterocycles. The first-order valence-corrected chi connectivity index (χ1v) is 5.85. The predicted octanol–water partition coefficient (Wildman–Crippen LogP) is 2.43. The van der Waals surface area contributed by atoms with Crippen molar-refractivity contribution in [3.63, 3.8) is 0 Å². The molecule has 0 N–H and O–H groups in total. The van der Waals surface area contributed by atoms with E-state index in [2.05, 4.69) is 53.4 Å². The normalized spacial score (nSPS) is 20.2. The third kappa shape index (κ3) is 1.17. The second-order valence-corrected chi connectivity index (χ2v) is 5.06. The van der Waals surface area contributed by atoms with E-state index in [-0.39, 0.29) is 0 Å². The van der Waals surface area contributed by atoms with Crippen LogP contribution in [-0.2, 0) is 0 Å². The Bertz CT molecular complexity index is 430. The second-order valence-electron chi connectivity index (χ2n) is 3.94. The first-order chi connectivity index (χ1) is 6.54. The third-order valence-corrected chi connectivity index (χ3v) is 4.70. The van der Waals surface area contributed by atoms with Gasteiger partial charge in [-0.3, -0.25) is 0 Å². The van der Waals surface area contributed by atoms with Crippen molar-refractivity contribution in [2.75, 3.05) is 0 Å². The third-order valence-electron chi connectivity index (χ3n) is 3.15. The molecule has 0 amide bonds. The number of rotatable bonds is 0. The van der Waals surface area contributed by atoms with Gasteiger partial charge < -0.3 is 0 Å². The lowest BCUT2D eigenvalue weighted by Gasteiger charge is -2.11. The summed E-state index contributed by atoms with van der Waals surface area (Å²) in [6, 6.07) is 4.41. The summed E-state index contributed by atoms with van der Waals surface area (Å²) in [6.07, 6.45) is 0. The Morgan fingerprint density at radius 1 is 1.14 bits per heavy atom. The molecule has 2 rings (SSSR count). The highest BCUT2D eigenvalue weighted by atomic mass is 28.2. The first kappa shape index (κ1) is 9.93. The molecule has 0 heterocycles. The van der Waals surface area contributed by atoms with Crippen LogP contribution >= 0.6 is 0 Å². The molecule has 0 fully saturated rings. The summed E-state index contributed by atoms with van der Waals surface area (Å²) in [5.41, 5.74) is 7.25. The smallest absolute Gasteiger partial charge is 0.0658 e. The highest BCUT2D eigenvalue weighted by Crippen LogP contribution is 2.40. The minimum absolute atomic E-state index is 0.334. The molecule has 6 radical (unpaired) electrons. The van der Waals surface area contributed by atoms with Gasteiger partial charge in [0.2, 0.25) is 0 Å². The van der Waals surface area contributed by atoms with E-state index in [4.69, 9.17) is 0 Å². The van der Waals surface area contributed by atoms with Crippen molar-refractivity contribution in [3.05, 3.63) is 39.6 Å². The number of allylic oxidation sites excluding steroid dienone is 2. The molecule has 14 heavy (non-hydrogen) atoms.